The van der Waals surface area contributed by atoms with Crippen LogP contribution in [0.2, 0.25) is 0 Å². The maximum Gasteiger partial charge on any atom is 0.335 e. The number of sulfonamides is 1. The van der Waals surface area contributed by atoms with Crippen LogP contribution in [0.4, 0.5) is 5.69 Å². The number of hydrogen-bond donors (Lipinski definition) is 2. The molecule has 3 rings (SSSR count). The van der Waals surface area contributed by atoms with Crippen molar-refractivity contribution >= 4 is 21.7 Å². The Kier molecular flexibility index (Phi) is 5.27. The normalized spacial score (nSPS) is 11.1. The average Bonchev–Trinajstić information content (AvgIpc) is 2.61. The molecular formula is C19H17N3O5S. The van der Waals surface area contributed by atoms with Crippen molar-refractivity contribution in [2.45, 2.75) is 18.7 Å². The number of ether oxygens (including phenoxy) is 1. The number of carboxylic acid groups (broad SMARTS) is 1. The quantitative estimate of drug-likeness (QED) is 0.652. The van der Waals surface area contributed by atoms with Crippen molar-refractivity contribution in [2.75, 3.05) is 4.72 Å². The van der Waals surface area contributed by atoms with Crippen molar-refractivity contribution < 1.29 is 23.1 Å². The number of rotatable bonds is 6. The van der Waals surface area contributed by atoms with Crippen LogP contribution in [0.5, 0.6) is 11.8 Å². The predicted molar refractivity (Wildman–Crippen MR) is 102 cm³/mol. The molecule has 0 radical (unpaired) electrons. The number of carboxylic acids is 1. The van der Waals surface area contributed by atoms with E-state index < -0.39 is 16.0 Å². The van der Waals surface area contributed by atoms with E-state index in [0.29, 0.717) is 5.75 Å². The summed E-state index contributed by atoms with van der Waals surface area (Å²) in [5.41, 5.74) is 1.79. The van der Waals surface area contributed by atoms with Crippen molar-refractivity contribution in [3.63, 3.8) is 0 Å². The van der Waals surface area contributed by atoms with Crippen LogP contribution < -0.4 is 9.46 Å². The van der Waals surface area contributed by atoms with Crippen LogP contribution in [0, 0.1) is 13.8 Å². The largest absolute Gasteiger partial charge is 0.478 e. The summed E-state index contributed by atoms with van der Waals surface area (Å²) in [5.74, 6) is -0.762. The van der Waals surface area contributed by atoms with Crippen LogP contribution in [0.15, 0.2) is 59.5 Å². The summed E-state index contributed by atoms with van der Waals surface area (Å²) in [7, 11) is -3.89. The molecule has 0 saturated heterocycles. The highest BCUT2D eigenvalue weighted by Gasteiger charge is 2.15. The molecule has 0 amide bonds. The molecule has 1 heterocycles. The van der Waals surface area contributed by atoms with Gasteiger partial charge in [0.1, 0.15) is 5.75 Å². The Bertz CT molecular complexity index is 1110. The molecule has 0 saturated carbocycles. The lowest BCUT2D eigenvalue weighted by Gasteiger charge is -2.10. The SMILES string of the molecule is Cc1cc(C)nc(Oc2cccc(NS(=O)(=O)c3ccc(C(=O)O)cc3)c2)n1. The van der Waals surface area contributed by atoms with E-state index >= 15 is 0 Å². The monoisotopic (exact) mass is 399 g/mol. The molecule has 3 aromatic rings. The van der Waals surface area contributed by atoms with E-state index in [9.17, 15) is 13.2 Å². The molecule has 2 N–H and O–H groups in total. The summed E-state index contributed by atoms with van der Waals surface area (Å²) in [5, 5.41) is 8.91. The average molecular weight is 399 g/mol. The van der Waals surface area contributed by atoms with Gasteiger partial charge in [-0.3, -0.25) is 4.72 Å². The third kappa shape index (κ3) is 4.63. The molecule has 0 aliphatic heterocycles. The van der Waals surface area contributed by atoms with E-state index in [1.54, 1.807) is 18.2 Å². The zero-order valence-electron chi connectivity index (χ0n) is 15.1. The van der Waals surface area contributed by atoms with Crippen molar-refractivity contribution in [2.24, 2.45) is 0 Å². The first-order valence-corrected chi connectivity index (χ1v) is 9.68. The molecule has 144 valence electrons. The van der Waals surface area contributed by atoms with E-state index in [1.807, 2.05) is 19.9 Å². The second-order valence-corrected chi connectivity index (χ2v) is 7.68. The zero-order valence-corrected chi connectivity index (χ0v) is 15.9. The fourth-order valence-electron chi connectivity index (χ4n) is 2.46. The summed E-state index contributed by atoms with van der Waals surface area (Å²) in [6.07, 6.45) is 0. The fourth-order valence-corrected chi connectivity index (χ4v) is 3.51. The smallest absolute Gasteiger partial charge is 0.335 e. The van der Waals surface area contributed by atoms with Crippen molar-refractivity contribution in [3.05, 3.63) is 71.5 Å². The van der Waals surface area contributed by atoms with Gasteiger partial charge in [-0.05, 0) is 56.3 Å². The Morgan fingerprint density at radius 1 is 1.00 bits per heavy atom. The van der Waals surface area contributed by atoms with Gasteiger partial charge in [0, 0.05) is 17.5 Å². The highest BCUT2D eigenvalue weighted by atomic mass is 32.2. The predicted octanol–water partition coefficient (Wildman–Crippen LogP) is 3.38. The molecule has 2 aromatic carbocycles. The summed E-state index contributed by atoms with van der Waals surface area (Å²) in [6, 6.07) is 13.3. The number of anilines is 1. The van der Waals surface area contributed by atoms with Gasteiger partial charge >= 0.3 is 12.0 Å². The van der Waals surface area contributed by atoms with Gasteiger partial charge in [0.2, 0.25) is 0 Å². The Morgan fingerprint density at radius 2 is 1.64 bits per heavy atom. The topological polar surface area (TPSA) is 118 Å². The van der Waals surface area contributed by atoms with Gasteiger partial charge in [-0.25, -0.2) is 23.2 Å². The van der Waals surface area contributed by atoms with E-state index in [0.717, 1.165) is 11.4 Å². The molecule has 0 bridgehead atoms. The van der Waals surface area contributed by atoms with Gasteiger partial charge in [0.25, 0.3) is 10.0 Å². The van der Waals surface area contributed by atoms with E-state index in [4.69, 9.17) is 9.84 Å². The Balaban J connectivity index is 1.80. The van der Waals surface area contributed by atoms with E-state index in [1.165, 1.54) is 30.3 Å². The van der Waals surface area contributed by atoms with E-state index in [-0.39, 0.29) is 22.2 Å². The van der Waals surface area contributed by atoms with Crippen LogP contribution >= 0.6 is 0 Å². The van der Waals surface area contributed by atoms with Gasteiger partial charge in [0.15, 0.2) is 0 Å². The zero-order chi connectivity index (χ0) is 20.3. The molecule has 0 aliphatic rings. The number of nitrogens with zero attached hydrogens (tertiary/aromatic N) is 2. The molecule has 0 unspecified atom stereocenters. The molecule has 8 nitrogen and oxygen atoms in total. The Hall–Kier alpha value is -3.46. The summed E-state index contributed by atoms with van der Waals surface area (Å²) in [4.78, 5) is 19.2. The first-order chi connectivity index (χ1) is 13.2. The number of nitrogens with one attached hydrogen (secondary N) is 1. The molecule has 0 spiro atoms. The van der Waals surface area contributed by atoms with Gasteiger partial charge in [-0.1, -0.05) is 6.07 Å². The fraction of sp³-hybridized carbons (Fsp3) is 0.105. The molecule has 0 aliphatic carbocycles. The minimum absolute atomic E-state index is 0.00259. The van der Waals surface area contributed by atoms with Crippen LogP contribution in [-0.4, -0.2) is 29.5 Å². The number of carbonyl (C=O) groups is 1. The third-order valence-corrected chi connectivity index (χ3v) is 5.07. The second-order valence-electron chi connectivity index (χ2n) is 6.00. The van der Waals surface area contributed by atoms with Crippen LogP contribution in [-0.2, 0) is 10.0 Å². The Labute approximate surface area is 161 Å². The van der Waals surface area contributed by atoms with Crippen molar-refractivity contribution in [1.82, 2.24) is 9.97 Å². The minimum atomic E-state index is -3.89. The van der Waals surface area contributed by atoms with Gasteiger partial charge in [0.05, 0.1) is 16.1 Å². The van der Waals surface area contributed by atoms with Gasteiger partial charge in [-0.2, -0.15) is 0 Å². The van der Waals surface area contributed by atoms with E-state index in [2.05, 4.69) is 14.7 Å². The molecule has 0 fully saturated rings. The standard InChI is InChI=1S/C19H17N3O5S/c1-12-10-13(2)21-19(20-12)27-16-5-3-4-15(11-16)22-28(25,26)17-8-6-14(7-9-17)18(23)24/h3-11,22H,1-2H3,(H,23,24). The molecule has 0 atom stereocenters. The molecular weight excluding hydrogens is 382 g/mol. The number of aryl methyl sites for hydroxylation is 2. The molecule has 9 heteroatoms. The van der Waals surface area contributed by atoms with Gasteiger partial charge in [-0.15, -0.1) is 0 Å². The number of aromatic nitrogens is 2. The summed E-state index contributed by atoms with van der Waals surface area (Å²) < 4.78 is 33.1. The maximum absolute atomic E-state index is 12.5. The van der Waals surface area contributed by atoms with Crippen LogP contribution in [0.25, 0.3) is 0 Å². The first kappa shape index (κ1) is 19.3. The minimum Gasteiger partial charge on any atom is -0.478 e. The van der Waals surface area contributed by atoms with Crippen LogP contribution in [0.3, 0.4) is 0 Å². The van der Waals surface area contributed by atoms with Crippen molar-refractivity contribution in [3.8, 4) is 11.8 Å². The first-order valence-electron chi connectivity index (χ1n) is 8.19. The maximum atomic E-state index is 12.5. The summed E-state index contributed by atoms with van der Waals surface area (Å²) in [6.45, 7) is 3.64. The Morgan fingerprint density at radius 3 is 2.25 bits per heavy atom. The number of benzene rings is 2. The summed E-state index contributed by atoms with van der Waals surface area (Å²) >= 11 is 0. The number of hydrogen-bond acceptors (Lipinski definition) is 6. The lowest BCUT2D eigenvalue weighted by atomic mass is 10.2. The lowest BCUT2D eigenvalue weighted by Crippen LogP contribution is -2.13. The van der Waals surface area contributed by atoms with Gasteiger partial charge < -0.3 is 9.84 Å². The van der Waals surface area contributed by atoms with Crippen LogP contribution in [0.1, 0.15) is 21.7 Å². The molecule has 1 aromatic heterocycles. The highest BCUT2D eigenvalue weighted by Crippen LogP contribution is 2.24. The highest BCUT2D eigenvalue weighted by molar-refractivity contribution is 7.92. The molecule has 28 heavy (non-hydrogen) atoms. The van der Waals surface area contributed by atoms with Crippen molar-refractivity contribution in [1.29, 1.82) is 0 Å². The number of aromatic carboxylic acids is 1. The third-order valence-electron chi connectivity index (χ3n) is 3.67. The lowest BCUT2D eigenvalue weighted by molar-refractivity contribution is 0.0696. The second kappa shape index (κ2) is 7.65.